The first-order valence-corrected chi connectivity index (χ1v) is 8.69. The lowest BCUT2D eigenvalue weighted by Gasteiger charge is -2.30. The van der Waals surface area contributed by atoms with E-state index in [1.807, 2.05) is 0 Å². The largest absolute Gasteiger partial charge is 0.393 e. The zero-order chi connectivity index (χ0) is 14.8. The van der Waals surface area contributed by atoms with Crippen molar-refractivity contribution in [3.05, 3.63) is 17.5 Å². The van der Waals surface area contributed by atoms with Crippen LogP contribution in [0, 0.1) is 0 Å². The predicted octanol–water partition coefficient (Wildman–Crippen LogP) is 0.352. The van der Waals surface area contributed by atoms with Crippen molar-refractivity contribution >= 4 is 27.3 Å². The summed E-state index contributed by atoms with van der Waals surface area (Å²) < 4.78 is 25.7. The quantitative estimate of drug-likeness (QED) is 0.869. The lowest BCUT2D eigenvalue weighted by molar-refractivity contribution is -0.133. The van der Waals surface area contributed by atoms with Gasteiger partial charge in [-0.3, -0.25) is 4.79 Å². The van der Waals surface area contributed by atoms with E-state index < -0.39 is 10.0 Å². The summed E-state index contributed by atoms with van der Waals surface area (Å²) >= 11 is 1.13. The second kappa shape index (κ2) is 6.21. The van der Waals surface area contributed by atoms with Crippen molar-refractivity contribution in [3.63, 3.8) is 0 Å². The molecule has 0 bridgehead atoms. The normalized spacial score (nSPS) is 17.6. The van der Waals surface area contributed by atoms with E-state index in [-0.39, 0.29) is 22.8 Å². The van der Waals surface area contributed by atoms with Crippen molar-refractivity contribution in [2.75, 3.05) is 26.7 Å². The maximum absolute atomic E-state index is 12.2. The van der Waals surface area contributed by atoms with E-state index >= 15 is 0 Å². The summed E-state index contributed by atoms with van der Waals surface area (Å²) in [5, 5.41) is 11.1. The number of thiophene rings is 1. The van der Waals surface area contributed by atoms with Crippen LogP contribution in [0.2, 0.25) is 0 Å². The summed E-state index contributed by atoms with van der Waals surface area (Å²) in [4.78, 5) is 13.7. The smallest absolute Gasteiger partial charge is 0.252 e. The molecule has 8 heteroatoms. The van der Waals surface area contributed by atoms with Gasteiger partial charge in [-0.2, -0.15) is 4.31 Å². The van der Waals surface area contributed by atoms with Crippen LogP contribution in [0.5, 0.6) is 0 Å². The van der Waals surface area contributed by atoms with Gasteiger partial charge in [-0.1, -0.05) is 6.07 Å². The predicted molar refractivity (Wildman–Crippen MR) is 76.0 cm³/mol. The number of aliphatic hydroxyl groups excluding tert-OH is 1. The van der Waals surface area contributed by atoms with Gasteiger partial charge >= 0.3 is 0 Å². The number of rotatable bonds is 4. The third-order valence-electron chi connectivity index (χ3n) is 3.33. The number of nitrogens with zero attached hydrogens (tertiary/aromatic N) is 2. The first kappa shape index (κ1) is 15.4. The molecular formula is C12H18N2O4S2. The van der Waals surface area contributed by atoms with Gasteiger partial charge in [-0.25, -0.2) is 8.42 Å². The number of sulfonamides is 1. The Bertz CT molecular complexity index is 548. The molecule has 1 saturated heterocycles. The highest BCUT2D eigenvalue weighted by atomic mass is 32.2. The van der Waals surface area contributed by atoms with Crippen molar-refractivity contribution < 1.29 is 18.3 Å². The molecule has 1 amide bonds. The maximum Gasteiger partial charge on any atom is 0.252 e. The molecule has 0 radical (unpaired) electrons. The summed E-state index contributed by atoms with van der Waals surface area (Å²) in [6.07, 6.45) is 0.743. The number of hydrogen-bond donors (Lipinski definition) is 1. The van der Waals surface area contributed by atoms with Crippen LogP contribution in [0.25, 0.3) is 0 Å². The molecule has 0 spiro atoms. The van der Waals surface area contributed by atoms with Gasteiger partial charge in [0.05, 0.1) is 12.6 Å². The maximum atomic E-state index is 12.2. The van der Waals surface area contributed by atoms with Gasteiger partial charge in [-0.15, -0.1) is 11.3 Å². The number of carbonyl (C=O) groups is 1. The average molecular weight is 318 g/mol. The van der Waals surface area contributed by atoms with Gasteiger partial charge in [0.15, 0.2) is 0 Å². The van der Waals surface area contributed by atoms with E-state index in [9.17, 15) is 18.3 Å². The van der Waals surface area contributed by atoms with Gasteiger partial charge in [0.2, 0.25) is 5.91 Å². The molecule has 0 unspecified atom stereocenters. The number of carbonyl (C=O) groups excluding carboxylic acids is 1. The van der Waals surface area contributed by atoms with E-state index in [2.05, 4.69) is 0 Å². The Balaban J connectivity index is 1.97. The Morgan fingerprint density at radius 2 is 2.15 bits per heavy atom. The molecule has 0 atom stereocenters. The standard InChI is InChI=1S/C12H18N2O4S2/c1-13(20(17,18)12-3-2-8-19-12)9-11(16)14-6-4-10(15)5-7-14/h2-3,8,10,15H,4-7,9H2,1H3. The van der Waals surface area contributed by atoms with E-state index in [1.165, 1.54) is 13.1 Å². The Hall–Kier alpha value is -0.960. The number of hydrogen-bond acceptors (Lipinski definition) is 5. The Kier molecular flexibility index (Phi) is 4.79. The molecule has 1 N–H and O–H groups in total. The summed E-state index contributed by atoms with van der Waals surface area (Å²) in [6.45, 7) is 0.788. The van der Waals surface area contributed by atoms with Crippen LogP contribution in [0.4, 0.5) is 0 Å². The van der Waals surface area contributed by atoms with Crippen LogP contribution in [0.3, 0.4) is 0 Å². The molecule has 0 saturated carbocycles. The molecule has 0 aliphatic carbocycles. The first-order chi connectivity index (χ1) is 9.41. The molecule has 1 aliphatic heterocycles. The molecule has 1 fully saturated rings. The first-order valence-electron chi connectivity index (χ1n) is 6.37. The number of amides is 1. The second-order valence-corrected chi connectivity index (χ2v) is 8.02. The minimum Gasteiger partial charge on any atom is -0.393 e. The van der Waals surface area contributed by atoms with Crippen LogP contribution in [0.1, 0.15) is 12.8 Å². The average Bonchev–Trinajstić information content (AvgIpc) is 2.93. The summed E-state index contributed by atoms with van der Waals surface area (Å²) in [5.74, 6) is -0.223. The fourth-order valence-corrected chi connectivity index (χ4v) is 4.38. The van der Waals surface area contributed by atoms with Gasteiger partial charge < -0.3 is 10.0 Å². The Labute approximate surface area is 122 Å². The van der Waals surface area contributed by atoms with E-state index in [4.69, 9.17) is 0 Å². The van der Waals surface area contributed by atoms with Crippen LogP contribution in [0.15, 0.2) is 21.7 Å². The van der Waals surface area contributed by atoms with E-state index in [0.29, 0.717) is 25.9 Å². The van der Waals surface area contributed by atoms with Gasteiger partial charge in [0.25, 0.3) is 10.0 Å². The molecule has 112 valence electrons. The van der Waals surface area contributed by atoms with Crippen LogP contribution >= 0.6 is 11.3 Å². The number of piperidine rings is 1. The number of likely N-dealkylation sites (tertiary alicyclic amines) is 1. The molecule has 20 heavy (non-hydrogen) atoms. The molecule has 1 aromatic heterocycles. The highest BCUT2D eigenvalue weighted by Gasteiger charge is 2.27. The Morgan fingerprint density at radius 3 is 2.70 bits per heavy atom. The van der Waals surface area contributed by atoms with Crippen molar-refractivity contribution in [1.29, 1.82) is 0 Å². The van der Waals surface area contributed by atoms with Crippen molar-refractivity contribution in [2.45, 2.75) is 23.2 Å². The number of likely N-dealkylation sites (N-methyl/N-ethyl adjacent to an activating group) is 1. The third kappa shape index (κ3) is 3.38. The van der Waals surface area contributed by atoms with Crippen LogP contribution in [-0.2, 0) is 14.8 Å². The lowest BCUT2D eigenvalue weighted by Crippen LogP contribution is -2.45. The molecule has 1 aromatic rings. The van der Waals surface area contributed by atoms with Crippen LogP contribution < -0.4 is 0 Å². The summed E-state index contributed by atoms with van der Waals surface area (Å²) in [6, 6.07) is 3.19. The third-order valence-corrected chi connectivity index (χ3v) is 6.51. The summed E-state index contributed by atoms with van der Waals surface area (Å²) in [5.41, 5.74) is 0. The van der Waals surface area contributed by atoms with Crippen LogP contribution in [-0.4, -0.2) is 61.4 Å². The summed E-state index contributed by atoms with van der Waals surface area (Å²) in [7, 11) is -2.18. The van der Waals surface area contributed by atoms with Gasteiger partial charge in [-0.05, 0) is 24.3 Å². The molecule has 2 heterocycles. The monoisotopic (exact) mass is 318 g/mol. The second-order valence-electron chi connectivity index (χ2n) is 4.81. The van der Waals surface area contributed by atoms with E-state index in [0.717, 1.165) is 15.6 Å². The van der Waals surface area contributed by atoms with E-state index in [1.54, 1.807) is 16.3 Å². The molecule has 6 nitrogen and oxygen atoms in total. The Morgan fingerprint density at radius 1 is 1.50 bits per heavy atom. The zero-order valence-corrected chi connectivity index (χ0v) is 12.9. The minimum atomic E-state index is -3.59. The lowest BCUT2D eigenvalue weighted by atomic mass is 10.1. The highest BCUT2D eigenvalue weighted by Crippen LogP contribution is 2.20. The molecule has 2 rings (SSSR count). The zero-order valence-electron chi connectivity index (χ0n) is 11.2. The van der Waals surface area contributed by atoms with Crippen molar-refractivity contribution in [2.24, 2.45) is 0 Å². The molecular weight excluding hydrogens is 300 g/mol. The van der Waals surface area contributed by atoms with Crippen molar-refractivity contribution in [3.8, 4) is 0 Å². The fraction of sp³-hybridized carbons (Fsp3) is 0.583. The topological polar surface area (TPSA) is 77.9 Å². The number of aliphatic hydroxyl groups is 1. The highest BCUT2D eigenvalue weighted by molar-refractivity contribution is 7.91. The SMILES string of the molecule is CN(CC(=O)N1CCC(O)CC1)S(=O)(=O)c1cccs1. The molecule has 1 aliphatic rings. The minimum absolute atomic E-state index is 0.170. The fourth-order valence-electron chi connectivity index (χ4n) is 2.05. The molecule has 0 aromatic carbocycles. The van der Waals surface area contributed by atoms with Gasteiger partial charge in [0.1, 0.15) is 4.21 Å². The van der Waals surface area contributed by atoms with Gasteiger partial charge in [0, 0.05) is 20.1 Å². The van der Waals surface area contributed by atoms with Crippen molar-refractivity contribution in [1.82, 2.24) is 9.21 Å².